The minimum absolute atomic E-state index is 0. The highest BCUT2D eigenvalue weighted by Gasteiger charge is 2.32. The second-order valence-electron chi connectivity index (χ2n) is 4.42. The summed E-state index contributed by atoms with van der Waals surface area (Å²) < 4.78 is 0. The minimum atomic E-state index is -0.121. The van der Waals surface area contributed by atoms with Crippen LogP contribution in [0.3, 0.4) is 0 Å². The van der Waals surface area contributed by atoms with Gasteiger partial charge >= 0.3 is 0 Å². The highest BCUT2D eigenvalue weighted by Crippen LogP contribution is 2.36. The van der Waals surface area contributed by atoms with Crippen molar-refractivity contribution in [3.05, 3.63) is 28.8 Å². The van der Waals surface area contributed by atoms with E-state index in [-0.39, 0.29) is 18.3 Å². The van der Waals surface area contributed by atoms with E-state index in [0.717, 1.165) is 12.5 Å². The fourth-order valence-electron chi connectivity index (χ4n) is 1.72. The summed E-state index contributed by atoms with van der Waals surface area (Å²) in [5, 5.41) is 3.29. The quantitative estimate of drug-likeness (QED) is 0.833. The second kappa shape index (κ2) is 5.61. The van der Waals surface area contributed by atoms with E-state index in [0.29, 0.717) is 22.2 Å². The molecule has 3 nitrogen and oxygen atoms in total. The van der Waals surface area contributed by atoms with Crippen molar-refractivity contribution < 1.29 is 4.79 Å². The number of rotatable bonds is 3. The molecule has 2 rings (SSSR count). The molecule has 2 atom stereocenters. The molecule has 17 heavy (non-hydrogen) atoms. The number of hydrogen-bond acceptors (Lipinski definition) is 2. The first-order chi connectivity index (χ1) is 7.58. The summed E-state index contributed by atoms with van der Waals surface area (Å²) in [5.74, 6) is 1.25. The molecule has 94 valence electrons. The summed E-state index contributed by atoms with van der Waals surface area (Å²) in [6.45, 7) is 2.92. The van der Waals surface area contributed by atoms with E-state index in [2.05, 4.69) is 12.2 Å². The lowest BCUT2D eigenvalue weighted by Gasteiger charge is -2.06. The maximum Gasteiger partial charge on any atom is 0.252 e. The zero-order chi connectivity index (χ0) is 11.7. The standard InChI is InChI=1S/C12H15ClN2O.ClH/c1-7-4-8(7)6-15-12(16)10-3-2-9(14)5-11(10)13;/h2-3,5,7-8H,4,6,14H2,1H3,(H,15,16);1H. The zero-order valence-electron chi connectivity index (χ0n) is 9.57. The van der Waals surface area contributed by atoms with Crippen molar-refractivity contribution in [3.63, 3.8) is 0 Å². The summed E-state index contributed by atoms with van der Waals surface area (Å²) in [6.07, 6.45) is 1.20. The second-order valence-corrected chi connectivity index (χ2v) is 4.83. The van der Waals surface area contributed by atoms with Crippen LogP contribution in [0.15, 0.2) is 18.2 Å². The predicted molar refractivity (Wildman–Crippen MR) is 72.7 cm³/mol. The molecule has 1 aliphatic rings. The van der Waals surface area contributed by atoms with Gasteiger partial charge in [-0.05, 0) is 36.5 Å². The molecule has 0 aliphatic heterocycles. The van der Waals surface area contributed by atoms with Crippen molar-refractivity contribution >= 4 is 35.6 Å². The molecule has 1 aromatic rings. The van der Waals surface area contributed by atoms with Crippen LogP contribution in [-0.4, -0.2) is 12.5 Å². The number of anilines is 1. The average molecular weight is 275 g/mol. The van der Waals surface area contributed by atoms with Crippen LogP contribution in [0, 0.1) is 11.8 Å². The molecule has 5 heteroatoms. The third kappa shape index (κ3) is 3.51. The van der Waals surface area contributed by atoms with E-state index in [4.69, 9.17) is 17.3 Å². The third-order valence-corrected chi connectivity index (χ3v) is 3.35. The van der Waals surface area contributed by atoms with Gasteiger partial charge in [0.15, 0.2) is 0 Å². The summed E-state index contributed by atoms with van der Waals surface area (Å²) in [6, 6.07) is 4.93. The van der Waals surface area contributed by atoms with Gasteiger partial charge in [0.1, 0.15) is 0 Å². The van der Waals surface area contributed by atoms with Gasteiger partial charge in [-0.1, -0.05) is 18.5 Å². The first-order valence-corrected chi connectivity index (χ1v) is 5.79. The van der Waals surface area contributed by atoms with Gasteiger partial charge in [-0.3, -0.25) is 4.79 Å². The molecular formula is C12H16Cl2N2O. The van der Waals surface area contributed by atoms with Gasteiger partial charge < -0.3 is 11.1 Å². The highest BCUT2D eigenvalue weighted by atomic mass is 35.5. The largest absolute Gasteiger partial charge is 0.399 e. The maximum absolute atomic E-state index is 11.8. The van der Waals surface area contributed by atoms with Gasteiger partial charge in [0.2, 0.25) is 0 Å². The van der Waals surface area contributed by atoms with Crippen LogP contribution in [0.2, 0.25) is 5.02 Å². The molecular weight excluding hydrogens is 259 g/mol. The Balaban J connectivity index is 0.00000144. The fraction of sp³-hybridized carbons (Fsp3) is 0.417. The Morgan fingerprint density at radius 3 is 2.76 bits per heavy atom. The fourth-order valence-corrected chi connectivity index (χ4v) is 1.99. The van der Waals surface area contributed by atoms with Crippen LogP contribution in [-0.2, 0) is 0 Å². The van der Waals surface area contributed by atoms with Gasteiger partial charge in [-0.25, -0.2) is 0 Å². The Morgan fingerprint density at radius 2 is 2.24 bits per heavy atom. The van der Waals surface area contributed by atoms with Crippen LogP contribution in [0.4, 0.5) is 5.69 Å². The van der Waals surface area contributed by atoms with Crippen molar-refractivity contribution in [2.24, 2.45) is 11.8 Å². The maximum atomic E-state index is 11.8. The average Bonchev–Trinajstić information content (AvgIpc) is 2.91. The normalized spacial score (nSPS) is 21.5. The molecule has 2 unspecified atom stereocenters. The minimum Gasteiger partial charge on any atom is -0.399 e. The summed E-state index contributed by atoms with van der Waals surface area (Å²) in [7, 11) is 0. The van der Waals surface area contributed by atoms with Gasteiger partial charge in [-0.2, -0.15) is 0 Å². The number of nitrogens with one attached hydrogen (secondary N) is 1. The smallest absolute Gasteiger partial charge is 0.252 e. The van der Waals surface area contributed by atoms with Crippen molar-refractivity contribution in [2.45, 2.75) is 13.3 Å². The van der Waals surface area contributed by atoms with Crippen LogP contribution >= 0.6 is 24.0 Å². The lowest BCUT2D eigenvalue weighted by molar-refractivity contribution is 0.0951. The van der Waals surface area contributed by atoms with E-state index in [1.807, 2.05) is 0 Å². The number of hydrogen-bond donors (Lipinski definition) is 2. The third-order valence-electron chi connectivity index (χ3n) is 3.04. The van der Waals surface area contributed by atoms with Crippen LogP contribution in [0.5, 0.6) is 0 Å². The van der Waals surface area contributed by atoms with Crippen LogP contribution in [0.25, 0.3) is 0 Å². The SMILES string of the molecule is CC1CC1CNC(=O)c1ccc(N)cc1Cl.Cl. The lowest BCUT2D eigenvalue weighted by Crippen LogP contribution is -2.26. The molecule has 0 heterocycles. The van der Waals surface area contributed by atoms with Gasteiger partial charge in [0, 0.05) is 12.2 Å². The Hall–Kier alpha value is -0.930. The molecule has 0 spiro atoms. The van der Waals surface area contributed by atoms with Crippen molar-refractivity contribution in [3.8, 4) is 0 Å². The zero-order valence-corrected chi connectivity index (χ0v) is 11.1. The van der Waals surface area contributed by atoms with E-state index in [1.165, 1.54) is 6.42 Å². The molecule has 3 N–H and O–H groups in total. The molecule has 1 fully saturated rings. The molecule has 1 aromatic carbocycles. The van der Waals surface area contributed by atoms with E-state index < -0.39 is 0 Å². The molecule has 0 radical (unpaired) electrons. The predicted octanol–water partition coefficient (Wildman–Crippen LogP) is 2.73. The topological polar surface area (TPSA) is 55.1 Å². The van der Waals surface area contributed by atoms with Crippen molar-refractivity contribution in [1.82, 2.24) is 5.32 Å². The summed E-state index contributed by atoms with van der Waals surface area (Å²) >= 11 is 5.94. The number of amides is 1. The Labute approximate surface area is 112 Å². The Morgan fingerprint density at radius 1 is 1.59 bits per heavy atom. The molecule has 0 bridgehead atoms. The molecule has 0 saturated heterocycles. The highest BCUT2D eigenvalue weighted by molar-refractivity contribution is 6.34. The van der Waals surface area contributed by atoms with E-state index in [9.17, 15) is 4.79 Å². The van der Waals surface area contributed by atoms with Crippen LogP contribution in [0.1, 0.15) is 23.7 Å². The first kappa shape index (κ1) is 14.1. The van der Waals surface area contributed by atoms with Crippen LogP contribution < -0.4 is 11.1 Å². The van der Waals surface area contributed by atoms with Gasteiger partial charge in [0.05, 0.1) is 10.6 Å². The van der Waals surface area contributed by atoms with Gasteiger partial charge in [0.25, 0.3) is 5.91 Å². The van der Waals surface area contributed by atoms with E-state index in [1.54, 1.807) is 18.2 Å². The summed E-state index contributed by atoms with van der Waals surface area (Å²) in [5.41, 5.74) is 6.62. The monoisotopic (exact) mass is 274 g/mol. The molecule has 1 saturated carbocycles. The number of nitrogen functional groups attached to an aromatic ring is 1. The molecule has 0 aromatic heterocycles. The Kier molecular flexibility index (Phi) is 4.66. The van der Waals surface area contributed by atoms with Crippen molar-refractivity contribution in [1.29, 1.82) is 0 Å². The van der Waals surface area contributed by atoms with E-state index >= 15 is 0 Å². The molecule has 1 aliphatic carbocycles. The first-order valence-electron chi connectivity index (χ1n) is 5.41. The van der Waals surface area contributed by atoms with Gasteiger partial charge in [-0.15, -0.1) is 12.4 Å². The van der Waals surface area contributed by atoms with Crippen molar-refractivity contribution in [2.75, 3.05) is 12.3 Å². The number of carbonyl (C=O) groups excluding carboxylic acids is 1. The molecule has 1 amide bonds. The lowest BCUT2D eigenvalue weighted by atomic mass is 10.2. The number of benzene rings is 1. The summed E-state index contributed by atoms with van der Waals surface area (Å²) in [4.78, 5) is 11.8. The number of carbonyl (C=O) groups is 1. The Bertz CT molecular complexity index is 423. The number of nitrogens with two attached hydrogens (primary N) is 1. The number of halogens is 2.